The van der Waals surface area contributed by atoms with E-state index in [0.29, 0.717) is 0 Å². The van der Waals surface area contributed by atoms with E-state index in [1.807, 2.05) is 38.1 Å². The average molecular weight is 282 g/mol. The molecule has 0 fully saturated rings. The summed E-state index contributed by atoms with van der Waals surface area (Å²) >= 11 is 0. The summed E-state index contributed by atoms with van der Waals surface area (Å²) in [6.45, 7) is 4.02. The van der Waals surface area contributed by atoms with Gasteiger partial charge in [0.15, 0.2) is 0 Å². The number of fused-ring (bicyclic) bond motifs is 1. The second kappa shape index (κ2) is 5.90. The van der Waals surface area contributed by atoms with Gasteiger partial charge < -0.3 is 9.84 Å². The van der Waals surface area contributed by atoms with Gasteiger partial charge in [-0.3, -0.25) is 0 Å². The third kappa shape index (κ3) is 3.11. The van der Waals surface area contributed by atoms with Crippen molar-refractivity contribution in [1.82, 2.24) is 0 Å². The van der Waals surface area contributed by atoms with Crippen LogP contribution in [0.15, 0.2) is 48.5 Å². The van der Waals surface area contributed by atoms with Crippen LogP contribution in [0.1, 0.15) is 36.6 Å². The van der Waals surface area contributed by atoms with Crippen LogP contribution >= 0.6 is 0 Å². The number of aliphatic hydroxyl groups excluding tert-OH is 1. The molecule has 2 aromatic carbocycles. The van der Waals surface area contributed by atoms with E-state index in [2.05, 4.69) is 24.3 Å². The second-order valence-electron chi connectivity index (χ2n) is 6.12. The zero-order chi connectivity index (χ0) is 14.8. The smallest absolute Gasteiger partial charge is 0.119 e. The van der Waals surface area contributed by atoms with Crippen LogP contribution in [0, 0.1) is 5.92 Å². The summed E-state index contributed by atoms with van der Waals surface area (Å²) in [6.07, 6.45) is 1.68. The fraction of sp³-hybridized carbons (Fsp3) is 0.368. The summed E-state index contributed by atoms with van der Waals surface area (Å²) in [6, 6.07) is 16.3. The van der Waals surface area contributed by atoms with Crippen LogP contribution in [0.2, 0.25) is 0 Å². The van der Waals surface area contributed by atoms with E-state index in [1.165, 1.54) is 11.1 Å². The zero-order valence-corrected chi connectivity index (χ0v) is 12.6. The second-order valence-corrected chi connectivity index (χ2v) is 6.12. The van der Waals surface area contributed by atoms with Crippen LogP contribution in [0.3, 0.4) is 0 Å². The summed E-state index contributed by atoms with van der Waals surface area (Å²) in [5.74, 6) is 1.13. The maximum atomic E-state index is 10.6. The summed E-state index contributed by atoms with van der Waals surface area (Å²) in [4.78, 5) is 0. The molecule has 1 aliphatic carbocycles. The highest BCUT2D eigenvalue weighted by molar-refractivity contribution is 5.35. The number of aliphatic hydroxyl groups is 1. The van der Waals surface area contributed by atoms with Crippen molar-refractivity contribution in [2.45, 2.75) is 38.9 Å². The Balaban J connectivity index is 1.70. The van der Waals surface area contributed by atoms with Crippen LogP contribution in [-0.2, 0) is 12.8 Å². The van der Waals surface area contributed by atoms with Crippen LogP contribution in [0.5, 0.6) is 5.75 Å². The van der Waals surface area contributed by atoms with E-state index in [-0.39, 0.29) is 12.0 Å². The van der Waals surface area contributed by atoms with Crippen LogP contribution < -0.4 is 4.74 Å². The van der Waals surface area contributed by atoms with E-state index in [0.717, 1.165) is 24.2 Å². The summed E-state index contributed by atoms with van der Waals surface area (Å²) < 4.78 is 5.64. The van der Waals surface area contributed by atoms with Gasteiger partial charge in [-0.25, -0.2) is 0 Å². The fourth-order valence-corrected chi connectivity index (χ4v) is 3.10. The topological polar surface area (TPSA) is 29.5 Å². The van der Waals surface area contributed by atoms with Crippen molar-refractivity contribution in [1.29, 1.82) is 0 Å². The molecule has 2 heteroatoms. The summed E-state index contributed by atoms with van der Waals surface area (Å²) in [5, 5.41) is 10.6. The third-order valence-electron chi connectivity index (χ3n) is 4.12. The van der Waals surface area contributed by atoms with Crippen LogP contribution in [-0.4, -0.2) is 11.2 Å². The van der Waals surface area contributed by atoms with Crippen molar-refractivity contribution < 1.29 is 9.84 Å². The van der Waals surface area contributed by atoms with Crippen LogP contribution in [0.4, 0.5) is 0 Å². The van der Waals surface area contributed by atoms with Gasteiger partial charge in [0.1, 0.15) is 5.75 Å². The van der Waals surface area contributed by atoms with Crippen molar-refractivity contribution in [2.24, 2.45) is 5.92 Å². The molecule has 0 aromatic heterocycles. The predicted molar refractivity (Wildman–Crippen MR) is 84.5 cm³/mol. The van der Waals surface area contributed by atoms with Crippen molar-refractivity contribution in [3.05, 3.63) is 65.2 Å². The monoisotopic (exact) mass is 282 g/mol. The molecule has 0 spiro atoms. The lowest BCUT2D eigenvalue weighted by Crippen LogP contribution is -2.13. The molecule has 2 nitrogen and oxygen atoms in total. The van der Waals surface area contributed by atoms with E-state index in [1.54, 1.807) is 0 Å². The SMILES string of the molecule is CC(C)Oc1ccc(C(O)C2Cc3ccccc3C2)cc1. The molecule has 0 saturated heterocycles. The van der Waals surface area contributed by atoms with E-state index >= 15 is 0 Å². The van der Waals surface area contributed by atoms with Gasteiger partial charge in [-0.1, -0.05) is 36.4 Å². The quantitative estimate of drug-likeness (QED) is 0.921. The first-order valence-corrected chi connectivity index (χ1v) is 7.65. The minimum absolute atomic E-state index is 0.171. The van der Waals surface area contributed by atoms with Crippen molar-refractivity contribution in [3.8, 4) is 5.75 Å². The lowest BCUT2D eigenvalue weighted by atomic mass is 9.93. The summed E-state index contributed by atoms with van der Waals surface area (Å²) in [7, 11) is 0. The third-order valence-corrected chi connectivity index (χ3v) is 4.12. The molecular weight excluding hydrogens is 260 g/mol. The average Bonchev–Trinajstić information content (AvgIpc) is 2.90. The zero-order valence-electron chi connectivity index (χ0n) is 12.6. The van der Waals surface area contributed by atoms with Gasteiger partial charge in [-0.05, 0) is 61.4 Å². The normalized spacial score (nSPS) is 16.0. The largest absolute Gasteiger partial charge is 0.491 e. The maximum Gasteiger partial charge on any atom is 0.119 e. The molecule has 1 unspecified atom stereocenters. The molecule has 1 atom stereocenters. The number of ether oxygens (including phenoxy) is 1. The van der Waals surface area contributed by atoms with Crippen molar-refractivity contribution >= 4 is 0 Å². The van der Waals surface area contributed by atoms with E-state index < -0.39 is 6.10 Å². The Labute approximate surface area is 126 Å². The van der Waals surface area contributed by atoms with Crippen molar-refractivity contribution in [2.75, 3.05) is 0 Å². The van der Waals surface area contributed by atoms with E-state index in [4.69, 9.17) is 4.74 Å². The van der Waals surface area contributed by atoms with Gasteiger partial charge in [-0.15, -0.1) is 0 Å². The van der Waals surface area contributed by atoms with Gasteiger partial charge in [0, 0.05) is 0 Å². The highest BCUT2D eigenvalue weighted by atomic mass is 16.5. The molecule has 0 radical (unpaired) electrons. The molecule has 1 aliphatic rings. The molecule has 21 heavy (non-hydrogen) atoms. The molecule has 0 bridgehead atoms. The minimum Gasteiger partial charge on any atom is -0.491 e. The first-order chi connectivity index (χ1) is 10.1. The molecule has 110 valence electrons. The Bertz CT molecular complexity index is 576. The van der Waals surface area contributed by atoms with Gasteiger partial charge in [-0.2, -0.15) is 0 Å². The maximum absolute atomic E-state index is 10.6. The number of hydrogen-bond acceptors (Lipinski definition) is 2. The molecule has 2 aromatic rings. The Morgan fingerprint density at radius 3 is 2.05 bits per heavy atom. The highest BCUT2D eigenvalue weighted by Gasteiger charge is 2.28. The first-order valence-electron chi connectivity index (χ1n) is 7.65. The Hall–Kier alpha value is -1.80. The summed E-state index contributed by atoms with van der Waals surface area (Å²) in [5.41, 5.74) is 3.73. The standard InChI is InChI=1S/C19H22O2/c1-13(2)21-18-9-7-14(8-10-18)19(20)17-11-15-5-3-4-6-16(15)12-17/h3-10,13,17,19-20H,11-12H2,1-2H3. The molecule has 0 heterocycles. The molecule has 0 amide bonds. The minimum atomic E-state index is -0.412. The first kappa shape index (κ1) is 14.2. The Morgan fingerprint density at radius 1 is 0.952 bits per heavy atom. The molecule has 3 rings (SSSR count). The van der Waals surface area contributed by atoms with Gasteiger partial charge in [0.05, 0.1) is 12.2 Å². The Morgan fingerprint density at radius 2 is 1.52 bits per heavy atom. The van der Waals surface area contributed by atoms with Crippen molar-refractivity contribution in [3.63, 3.8) is 0 Å². The number of rotatable bonds is 4. The highest BCUT2D eigenvalue weighted by Crippen LogP contribution is 2.35. The lowest BCUT2D eigenvalue weighted by Gasteiger charge is -2.19. The molecule has 0 saturated carbocycles. The number of benzene rings is 2. The molecule has 0 aliphatic heterocycles. The van der Waals surface area contributed by atoms with Gasteiger partial charge in [0.2, 0.25) is 0 Å². The Kier molecular flexibility index (Phi) is 3.98. The molecule has 1 N–H and O–H groups in total. The predicted octanol–water partition coefficient (Wildman–Crippen LogP) is 3.92. The van der Waals surface area contributed by atoms with Gasteiger partial charge >= 0.3 is 0 Å². The van der Waals surface area contributed by atoms with Gasteiger partial charge in [0.25, 0.3) is 0 Å². The lowest BCUT2D eigenvalue weighted by molar-refractivity contribution is 0.113. The van der Waals surface area contributed by atoms with E-state index in [9.17, 15) is 5.11 Å². The molecular formula is C19H22O2. The van der Waals surface area contributed by atoms with Crippen LogP contribution in [0.25, 0.3) is 0 Å². The number of hydrogen-bond donors (Lipinski definition) is 1. The fourth-order valence-electron chi connectivity index (χ4n) is 3.10.